The van der Waals surface area contributed by atoms with E-state index in [1.54, 1.807) is 32.1 Å². The van der Waals surface area contributed by atoms with Crippen molar-refractivity contribution in [3.05, 3.63) is 0 Å². The van der Waals surface area contributed by atoms with Gasteiger partial charge in [-0.2, -0.15) is 0 Å². The second-order valence-corrected chi connectivity index (χ2v) is 14.6. The first kappa shape index (κ1) is 26.1. The Balaban J connectivity index is 1.56. The van der Waals surface area contributed by atoms with Gasteiger partial charge in [0, 0.05) is 0 Å². The van der Waals surface area contributed by atoms with Gasteiger partial charge >= 0.3 is 0 Å². The maximum atomic E-state index is 2.78. The van der Waals surface area contributed by atoms with Gasteiger partial charge in [-0.05, 0) is 115 Å². The van der Waals surface area contributed by atoms with Crippen LogP contribution in [0.1, 0.15) is 151 Å². The summed E-state index contributed by atoms with van der Waals surface area (Å²) >= 11 is 0. The maximum Gasteiger partial charge on any atom is -0.0215 e. The van der Waals surface area contributed by atoms with Crippen LogP contribution in [0.25, 0.3) is 0 Å². The molecule has 0 heteroatoms. The predicted molar refractivity (Wildman–Crippen MR) is 145 cm³/mol. The van der Waals surface area contributed by atoms with Gasteiger partial charge in [0.25, 0.3) is 0 Å². The molecule has 0 saturated heterocycles. The molecule has 0 aromatic rings. The fraction of sp³-hybridized carbons (Fsp3) is 1.00. The van der Waals surface area contributed by atoms with Crippen molar-refractivity contribution in [1.29, 1.82) is 0 Å². The normalized spacial score (nSPS) is 42.1. The minimum Gasteiger partial charge on any atom is -0.0654 e. The van der Waals surface area contributed by atoms with Crippen molar-refractivity contribution in [3.63, 3.8) is 0 Å². The van der Waals surface area contributed by atoms with Gasteiger partial charge in [-0.3, -0.25) is 0 Å². The topological polar surface area (TPSA) is 0 Å². The van der Waals surface area contributed by atoms with Gasteiger partial charge in [-0.25, -0.2) is 0 Å². The number of hydrogen-bond donors (Lipinski definition) is 0. The lowest BCUT2D eigenvalue weighted by molar-refractivity contribution is -0.226. The van der Waals surface area contributed by atoms with Gasteiger partial charge in [0.15, 0.2) is 0 Å². The molecular weight excluding hydrogens is 396 g/mol. The highest BCUT2D eigenvalue weighted by Gasteiger charge is 2.66. The van der Waals surface area contributed by atoms with E-state index in [0.717, 1.165) is 46.8 Å². The summed E-state index contributed by atoms with van der Waals surface area (Å²) in [5.74, 6) is 6.88. The minimum atomic E-state index is 0.579. The highest BCUT2D eigenvalue weighted by Crippen LogP contribution is 2.74. The molecule has 0 aromatic carbocycles. The van der Waals surface area contributed by atoms with E-state index in [9.17, 15) is 0 Å². The summed E-state index contributed by atoms with van der Waals surface area (Å²) < 4.78 is 0. The van der Waals surface area contributed by atoms with Crippen LogP contribution in [0.5, 0.6) is 0 Å². The quantitative estimate of drug-likeness (QED) is 0.271. The van der Waals surface area contributed by atoms with E-state index in [1.807, 2.05) is 0 Å². The first-order valence-electron chi connectivity index (χ1n) is 15.7. The summed E-state index contributed by atoms with van der Waals surface area (Å²) in [6, 6.07) is 0. The molecule has 5 aliphatic rings. The number of unbranched alkanes of at least 4 members (excludes halogenated alkanes) is 4. The fourth-order valence-electron chi connectivity index (χ4n) is 10.6. The van der Waals surface area contributed by atoms with E-state index < -0.39 is 0 Å². The molecule has 5 rings (SSSR count). The SMILES string of the molecule is CCCCCC(C)C1(CCCCC)C2CC3(CC[C@@H](C)C(C(C)(C)C4CC4)CC[C@H]3C1C)C2. The van der Waals surface area contributed by atoms with Crippen molar-refractivity contribution in [2.45, 2.75) is 151 Å². The molecule has 0 aromatic heterocycles. The van der Waals surface area contributed by atoms with Gasteiger partial charge in [-0.15, -0.1) is 0 Å². The molecule has 0 aliphatic heterocycles. The van der Waals surface area contributed by atoms with Gasteiger partial charge in [-0.1, -0.05) is 93.4 Å². The zero-order valence-corrected chi connectivity index (χ0v) is 23.9. The summed E-state index contributed by atoms with van der Waals surface area (Å²) in [5.41, 5.74) is 1.97. The third kappa shape index (κ3) is 4.61. The average molecular weight is 457 g/mol. The molecule has 5 aliphatic carbocycles. The van der Waals surface area contributed by atoms with E-state index in [4.69, 9.17) is 0 Å². The van der Waals surface area contributed by atoms with Gasteiger partial charge in [0.1, 0.15) is 0 Å². The zero-order valence-electron chi connectivity index (χ0n) is 23.9. The van der Waals surface area contributed by atoms with Crippen LogP contribution in [-0.4, -0.2) is 0 Å². The molecule has 0 N–H and O–H groups in total. The summed E-state index contributed by atoms with van der Waals surface area (Å²) in [4.78, 5) is 0. The van der Waals surface area contributed by atoms with Crippen molar-refractivity contribution in [2.75, 3.05) is 0 Å². The van der Waals surface area contributed by atoms with Crippen LogP contribution in [0, 0.1) is 57.7 Å². The Hall–Kier alpha value is 0. The summed E-state index contributed by atoms with van der Waals surface area (Å²) in [6.45, 7) is 18.2. The van der Waals surface area contributed by atoms with Crippen LogP contribution < -0.4 is 0 Å². The zero-order chi connectivity index (χ0) is 23.9. The van der Waals surface area contributed by atoms with Crippen molar-refractivity contribution < 1.29 is 0 Å². The van der Waals surface area contributed by atoms with E-state index >= 15 is 0 Å². The average Bonchev–Trinajstić information content (AvgIpc) is 3.58. The van der Waals surface area contributed by atoms with Crippen molar-refractivity contribution in [1.82, 2.24) is 0 Å². The molecule has 6 atom stereocenters. The van der Waals surface area contributed by atoms with Crippen LogP contribution >= 0.6 is 0 Å². The molecule has 5 saturated carbocycles. The van der Waals surface area contributed by atoms with Crippen LogP contribution in [-0.2, 0) is 0 Å². The Labute approximate surface area is 208 Å². The van der Waals surface area contributed by atoms with E-state index in [2.05, 4.69) is 48.5 Å². The third-order valence-corrected chi connectivity index (χ3v) is 12.8. The number of rotatable bonds is 11. The highest BCUT2D eigenvalue weighted by molar-refractivity contribution is 5.15. The van der Waals surface area contributed by atoms with E-state index in [-0.39, 0.29) is 0 Å². The molecule has 192 valence electrons. The number of hydrogen-bond acceptors (Lipinski definition) is 0. The van der Waals surface area contributed by atoms with E-state index in [1.165, 1.54) is 70.6 Å². The molecule has 5 fully saturated rings. The Bertz CT molecular complexity index is 620. The maximum absolute atomic E-state index is 2.78. The molecule has 0 nitrogen and oxygen atoms in total. The monoisotopic (exact) mass is 456 g/mol. The Morgan fingerprint density at radius 3 is 2.15 bits per heavy atom. The van der Waals surface area contributed by atoms with Crippen molar-refractivity contribution >= 4 is 0 Å². The van der Waals surface area contributed by atoms with Crippen molar-refractivity contribution in [3.8, 4) is 0 Å². The van der Waals surface area contributed by atoms with Crippen LogP contribution in [0.4, 0.5) is 0 Å². The molecule has 2 bridgehead atoms. The van der Waals surface area contributed by atoms with Crippen LogP contribution in [0.15, 0.2) is 0 Å². The van der Waals surface area contributed by atoms with Gasteiger partial charge in [0.2, 0.25) is 0 Å². The van der Waals surface area contributed by atoms with E-state index in [0.29, 0.717) is 10.8 Å². The molecule has 1 spiro atoms. The van der Waals surface area contributed by atoms with Crippen molar-refractivity contribution in [2.24, 2.45) is 57.7 Å². The number of fused-ring (bicyclic) bond motifs is 1. The lowest BCUT2D eigenvalue weighted by Crippen LogP contribution is -2.64. The fourth-order valence-corrected chi connectivity index (χ4v) is 10.6. The lowest BCUT2D eigenvalue weighted by Gasteiger charge is -2.71. The van der Waals surface area contributed by atoms with Gasteiger partial charge < -0.3 is 0 Å². The summed E-state index contributed by atoms with van der Waals surface area (Å²) in [6.07, 6.45) is 24.0. The molecular formula is C33H60. The second-order valence-electron chi connectivity index (χ2n) is 14.6. The van der Waals surface area contributed by atoms with Crippen LogP contribution in [0.2, 0.25) is 0 Å². The summed E-state index contributed by atoms with van der Waals surface area (Å²) in [7, 11) is 0. The smallest absolute Gasteiger partial charge is 0.0215 e. The molecule has 0 amide bonds. The Kier molecular flexibility index (Phi) is 8.03. The van der Waals surface area contributed by atoms with Gasteiger partial charge in [0.05, 0.1) is 0 Å². The Morgan fingerprint density at radius 1 is 0.848 bits per heavy atom. The highest BCUT2D eigenvalue weighted by atomic mass is 14.7. The predicted octanol–water partition coefficient (Wildman–Crippen LogP) is 10.7. The lowest BCUT2D eigenvalue weighted by atomic mass is 9.33. The second kappa shape index (κ2) is 10.2. The molecule has 0 heterocycles. The third-order valence-electron chi connectivity index (χ3n) is 12.8. The molecule has 33 heavy (non-hydrogen) atoms. The standard InChI is InChI=1S/C33H60/c1-8-10-12-14-25(4)33(20-13-11-9-2)26(5)30-18-17-29(31(6,7)27-15-16-27)24(3)19-21-32(30)22-28(33)23-32/h24-30H,8-23H2,1-7H3/t24-,25?,26?,28?,29?,30+,32?,33?/m1/s1. The van der Waals surface area contributed by atoms with Crippen LogP contribution in [0.3, 0.4) is 0 Å². The first-order chi connectivity index (χ1) is 15.7. The summed E-state index contributed by atoms with van der Waals surface area (Å²) in [5, 5.41) is 0. The first-order valence-corrected chi connectivity index (χ1v) is 15.7. The largest absolute Gasteiger partial charge is 0.0654 e. The minimum absolute atomic E-state index is 0.579. The molecule has 4 unspecified atom stereocenters. The molecule has 0 radical (unpaired) electrons. The Morgan fingerprint density at radius 2 is 1.52 bits per heavy atom.